The number of fused-ring (bicyclic) bond motifs is 2. The Balaban J connectivity index is 1.60. The second-order valence-corrected chi connectivity index (χ2v) is 8.21. The van der Waals surface area contributed by atoms with Crippen LogP contribution >= 0.6 is 23.4 Å². The van der Waals surface area contributed by atoms with Crippen molar-refractivity contribution in [2.24, 2.45) is 4.99 Å². The molecule has 22 heavy (non-hydrogen) atoms. The number of alkyl halides is 1. The van der Waals surface area contributed by atoms with E-state index in [1.54, 1.807) is 28.6 Å². The lowest BCUT2D eigenvalue weighted by atomic mass is 10.1. The van der Waals surface area contributed by atoms with Crippen molar-refractivity contribution in [3.05, 3.63) is 40.9 Å². The fourth-order valence-corrected chi connectivity index (χ4v) is 5.56. The van der Waals surface area contributed by atoms with Gasteiger partial charge in [-0.3, -0.25) is 4.72 Å². The maximum Gasteiger partial charge on any atom is 0.257 e. The third-order valence-corrected chi connectivity index (χ3v) is 6.57. The van der Waals surface area contributed by atoms with Crippen LogP contribution in [-0.2, 0) is 28.0 Å². The van der Waals surface area contributed by atoms with Gasteiger partial charge in [0, 0.05) is 11.9 Å². The Labute approximate surface area is 137 Å². The number of aliphatic imine (C=N–C) groups is 1. The molecule has 0 bridgehead atoms. The van der Waals surface area contributed by atoms with Gasteiger partial charge in [-0.1, -0.05) is 29.4 Å². The zero-order chi connectivity index (χ0) is 15.3. The first-order valence-corrected chi connectivity index (χ1v) is 9.45. The minimum atomic E-state index is -3.71. The number of nitrogens with zero attached hydrogens (tertiary/aromatic N) is 2. The fourth-order valence-electron chi connectivity index (χ4n) is 2.63. The summed E-state index contributed by atoms with van der Waals surface area (Å²) in [6.45, 7) is 1.08. The number of benzene rings is 1. The molecular formula is C13H12ClN3O3S2. The third-order valence-electron chi connectivity index (χ3n) is 3.66. The van der Waals surface area contributed by atoms with Gasteiger partial charge in [0.25, 0.3) is 10.0 Å². The molecule has 116 valence electrons. The van der Waals surface area contributed by atoms with E-state index in [0.717, 1.165) is 11.1 Å². The monoisotopic (exact) mass is 357 g/mol. The van der Waals surface area contributed by atoms with Crippen LogP contribution in [0.4, 0.5) is 5.69 Å². The average molecular weight is 358 g/mol. The van der Waals surface area contributed by atoms with E-state index in [-0.39, 0.29) is 0 Å². The van der Waals surface area contributed by atoms with E-state index < -0.39 is 20.9 Å². The molecule has 9 heteroatoms. The highest BCUT2D eigenvalue weighted by Crippen LogP contribution is 2.35. The van der Waals surface area contributed by atoms with Crippen molar-refractivity contribution in [3.63, 3.8) is 0 Å². The van der Waals surface area contributed by atoms with Crippen molar-refractivity contribution >= 4 is 44.2 Å². The second kappa shape index (κ2) is 5.16. The van der Waals surface area contributed by atoms with Gasteiger partial charge in [-0.05, 0) is 28.7 Å². The summed E-state index contributed by atoms with van der Waals surface area (Å²) < 4.78 is 33.3. The van der Waals surface area contributed by atoms with Crippen LogP contribution in [0.5, 0.6) is 0 Å². The lowest BCUT2D eigenvalue weighted by Crippen LogP contribution is -2.42. The molecule has 0 amide bonds. The first-order chi connectivity index (χ1) is 10.5. The minimum absolute atomic E-state index is 0.505. The maximum absolute atomic E-state index is 12.7. The SMILES string of the molecule is O=S(=O)(Nc1ccc2c(c1)COC2)C1C(Cl)N=C2SC=CN21. The number of amidine groups is 1. The number of thioether (sulfide) groups is 1. The van der Waals surface area contributed by atoms with Crippen LogP contribution in [0.25, 0.3) is 0 Å². The molecule has 1 aromatic carbocycles. The highest BCUT2D eigenvalue weighted by molar-refractivity contribution is 8.16. The smallest absolute Gasteiger partial charge is 0.257 e. The van der Waals surface area contributed by atoms with Crippen LogP contribution in [0.1, 0.15) is 11.1 Å². The summed E-state index contributed by atoms with van der Waals surface area (Å²) in [6.07, 6.45) is 1.69. The molecule has 2 atom stereocenters. The molecule has 2 unspecified atom stereocenters. The van der Waals surface area contributed by atoms with Crippen molar-refractivity contribution in [3.8, 4) is 0 Å². The van der Waals surface area contributed by atoms with E-state index in [4.69, 9.17) is 16.3 Å². The molecular weight excluding hydrogens is 346 g/mol. The molecule has 0 aromatic heterocycles. The molecule has 1 aromatic rings. The van der Waals surface area contributed by atoms with Gasteiger partial charge in [-0.15, -0.1) is 0 Å². The topological polar surface area (TPSA) is 71.0 Å². The summed E-state index contributed by atoms with van der Waals surface area (Å²) in [6, 6.07) is 5.41. The van der Waals surface area contributed by atoms with Gasteiger partial charge in [0.15, 0.2) is 16.0 Å². The van der Waals surface area contributed by atoms with Gasteiger partial charge in [-0.2, -0.15) is 0 Å². The molecule has 0 radical (unpaired) electrons. The zero-order valence-electron chi connectivity index (χ0n) is 11.3. The van der Waals surface area contributed by atoms with E-state index in [2.05, 4.69) is 9.71 Å². The van der Waals surface area contributed by atoms with Crippen LogP contribution in [0.3, 0.4) is 0 Å². The lowest BCUT2D eigenvalue weighted by Gasteiger charge is -2.23. The largest absolute Gasteiger partial charge is 0.372 e. The van der Waals surface area contributed by atoms with Gasteiger partial charge in [0.1, 0.15) is 0 Å². The number of anilines is 1. The Bertz CT molecular complexity index is 794. The molecule has 0 saturated heterocycles. The molecule has 3 aliphatic heterocycles. The van der Waals surface area contributed by atoms with Crippen LogP contribution in [-0.4, -0.2) is 29.4 Å². The molecule has 0 spiro atoms. The van der Waals surface area contributed by atoms with E-state index in [9.17, 15) is 8.42 Å². The Kier molecular flexibility index (Phi) is 3.37. The van der Waals surface area contributed by atoms with Crippen molar-refractivity contribution in [1.29, 1.82) is 0 Å². The van der Waals surface area contributed by atoms with Crippen molar-refractivity contribution in [1.82, 2.24) is 4.90 Å². The summed E-state index contributed by atoms with van der Waals surface area (Å²) in [5, 5.41) is 1.45. The number of sulfonamides is 1. The van der Waals surface area contributed by atoms with Crippen LogP contribution in [0.2, 0.25) is 0 Å². The van der Waals surface area contributed by atoms with Gasteiger partial charge in [0.05, 0.1) is 13.2 Å². The van der Waals surface area contributed by atoms with Gasteiger partial charge >= 0.3 is 0 Å². The first-order valence-electron chi connectivity index (χ1n) is 6.59. The van der Waals surface area contributed by atoms with Gasteiger partial charge in [0.2, 0.25) is 0 Å². The molecule has 3 aliphatic rings. The van der Waals surface area contributed by atoms with E-state index in [0.29, 0.717) is 24.1 Å². The number of hydrogen-bond donors (Lipinski definition) is 1. The Morgan fingerprint density at radius 2 is 2.18 bits per heavy atom. The van der Waals surface area contributed by atoms with Crippen LogP contribution < -0.4 is 4.72 Å². The fraction of sp³-hybridized carbons (Fsp3) is 0.308. The van der Waals surface area contributed by atoms with E-state index in [1.165, 1.54) is 11.8 Å². The molecule has 1 N–H and O–H groups in total. The lowest BCUT2D eigenvalue weighted by molar-refractivity contribution is 0.134. The Hall–Kier alpha value is -1.22. The molecule has 0 aliphatic carbocycles. The summed E-state index contributed by atoms with van der Waals surface area (Å²) in [4.78, 5) is 5.75. The van der Waals surface area contributed by atoms with Crippen LogP contribution in [0.15, 0.2) is 34.8 Å². The average Bonchev–Trinajstić information content (AvgIpc) is 3.11. The highest BCUT2D eigenvalue weighted by atomic mass is 35.5. The van der Waals surface area contributed by atoms with Crippen molar-refractivity contribution in [2.45, 2.75) is 24.1 Å². The number of nitrogens with one attached hydrogen (secondary N) is 1. The van der Waals surface area contributed by atoms with Crippen molar-refractivity contribution in [2.75, 3.05) is 4.72 Å². The van der Waals surface area contributed by atoms with E-state index in [1.807, 2.05) is 6.07 Å². The van der Waals surface area contributed by atoms with E-state index >= 15 is 0 Å². The second-order valence-electron chi connectivity index (χ2n) is 5.11. The first kappa shape index (κ1) is 14.4. The predicted molar refractivity (Wildman–Crippen MR) is 86.9 cm³/mol. The number of hydrogen-bond acceptors (Lipinski definition) is 6. The molecule has 6 nitrogen and oxygen atoms in total. The normalized spacial score (nSPS) is 26.0. The van der Waals surface area contributed by atoms with Crippen molar-refractivity contribution < 1.29 is 13.2 Å². The van der Waals surface area contributed by atoms with Crippen LogP contribution in [0, 0.1) is 0 Å². The third kappa shape index (κ3) is 2.30. The van der Waals surface area contributed by atoms with Gasteiger partial charge < -0.3 is 9.64 Å². The summed E-state index contributed by atoms with van der Waals surface area (Å²) in [5.74, 6) is 0. The quantitative estimate of drug-likeness (QED) is 0.663. The maximum atomic E-state index is 12.7. The number of ether oxygens (including phenoxy) is 1. The standard InChI is InChI=1S/C13H12ClN3O3S2/c14-11-12(17-3-4-21-13(17)15-11)22(18,19)16-10-2-1-8-6-20-7-9(8)5-10/h1-5,11-12,16H,6-7H2. The molecule has 0 fully saturated rings. The summed E-state index contributed by atoms with van der Waals surface area (Å²) in [7, 11) is -3.71. The van der Waals surface area contributed by atoms with Gasteiger partial charge in [-0.25, -0.2) is 13.4 Å². The Morgan fingerprint density at radius 3 is 3.05 bits per heavy atom. The minimum Gasteiger partial charge on any atom is -0.372 e. The molecule has 3 heterocycles. The number of rotatable bonds is 3. The highest BCUT2D eigenvalue weighted by Gasteiger charge is 2.45. The molecule has 4 rings (SSSR count). The number of halogens is 1. The summed E-state index contributed by atoms with van der Waals surface area (Å²) in [5.41, 5.74) is 1.77. The molecule has 0 saturated carbocycles. The predicted octanol–water partition coefficient (Wildman–Crippen LogP) is 2.24. The zero-order valence-corrected chi connectivity index (χ0v) is 13.7. The Morgan fingerprint density at radius 1 is 1.36 bits per heavy atom. The summed E-state index contributed by atoms with van der Waals surface area (Å²) >= 11 is 7.47.